The first kappa shape index (κ1) is 40.9. The van der Waals surface area contributed by atoms with Gasteiger partial charge in [-0.1, -0.05) is 131 Å². The SMILES string of the molecule is COc1ccc(C(C)(C)C)cc1Sc1cc(C(C)(C)C)cc(Sc2cc(C(C)(C)C)cc(Sc3cc(C(C)(C)C)ccc3OC)c2OC)c1OC. The zero-order valence-electron chi connectivity index (χ0n) is 33.6. The van der Waals surface area contributed by atoms with Crippen LogP contribution in [0.25, 0.3) is 0 Å². The molecule has 4 aromatic carbocycles. The van der Waals surface area contributed by atoms with E-state index in [0.29, 0.717) is 0 Å². The molecule has 0 heterocycles. The maximum atomic E-state index is 6.29. The molecule has 0 saturated carbocycles. The van der Waals surface area contributed by atoms with E-state index in [4.69, 9.17) is 18.9 Å². The minimum Gasteiger partial charge on any atom is -0.496 e. The molecule has 7 heteroatoms. The highest BCUT2D eigenvalue weighted by molar-refractivity contribution is 8.01. The maximum absolute atomic E-state index is 6.29. The highest BCUT2D eigenvalue weighted by atomic mass is 32.2. The lowest BCUT2D eigenvalue weighted by atomic mass is 9.87. The quantitative estimate of drug-likeness (QED) is 0.160. The maximum Gasteiger partial charge on any atom is 0.146 e. The number of methoxy groups -OCH3 is 4. The van der Waals surface area contributed by atoms with Crippen LogP contribution in [-0.4, -0.2) is 28.4 Å². The Bertz CT molecular complexity index is 1720. The molecule has 0 amide bonds. The zero-order chi connectivity index (χ0) is 38.1. The molecule has 0 aliphatic carbocycles. The van der Waals surface area contributed by atoms with Crippen molar-refractivity contribution in [3.63, 3.8) is 0 Å². The third kappa shape index (κ3) is 9.77. The summed E-state index contributed by atoms with van der Waals surface area (Å²) in [6, 6.07) is 22.1. The standard InChI is InChI=1S/C44H58O4S3/c1-41(2,3)27-17-19-31(45-13)33(21-27)49-35-23-29(43(7,8)9)25-37(39(35)47-15)51-38-26-30(44(10,11)12)24-36(40(38)48-16)50-34-22-28(42(4,5)6)18-20-32(34)46-14/h17-26H,1-16H3. The van der Waals surface area contributed by atoms with Gasteiger partial charge in [0.25, 0.3) is 0 Å². The van der Waals surface area contributed by atoms with Crippen molar-refractivity contribution in [1.29, 1.82) is 0 Å². The van der Waals surface area contributed by atoms with E-state index >= 15 is 0 Å². The number of hydrogen-bond donors (Lipinski definition) is 0. The van der Waals surface area contributed by atoms with Crippen molar-refractivity contribution in [3.05, 3.63) is 82.9 Å². The molecule has 0 aliphatic heterocycles. The Morgan fingerprint density at radius 2 is 0.588 bits per heavy atom. The van der Waals surface area contributed by atoms with Gasteiger partial charge in [-0.3, -0.25) is 0 Å². The summed E-state index contributed by atoms with van der Waals surface area (Å²) in [5.41, 5.74) is 4.77. The fraction of sp³-hybridized carbons (Fsp3) is 0.455. The van der Waals surface area contributed by atoms with Crippen LogP contribution in [0.3, 0.4) is 0 Å². The van der Waals surface area contributed by atoms with Crippen molar-refractivity contribution >= 4 is 35.3 Å². The lowest BCUT2D eigenvalue weighted by molar-refractivity contribution is 0.390. The Morgan fingerprint density at radius 3 is 0.824 bits per heavy atom. The van der Waals surface area contributed by atoms with E-state index in [-0.39, 0.29) is 21.7 Å². The van der Waals surface area contributed by atoms with E-state index in [1.165, 1.54) is 22.3 Å². The lowest BCUT2D eigenvalue weighted by Gasteiger charge is -2.26. The number of benzene rings is 4. The van der Waals surface area contributed by atoms with Gasteiger partial charge in [-0.2, -0.15) is 0 Å². The van der Waals surface area contributed by atoms with Crippen LogP contribution in [0.4, 0.5) is 0 Å². The molecule has 4 rings (SSSR count). The predicted octanol–water partition coefficient (Wildman–Crippen LogP) is 13.4. The number of ether oxygens (including phenoxy) is 4. The van der Waals surface area contributed by atoms with E-state index < -0.39 is 0 Å². The van der Waals surface area contributed by atoms with Gasteiger partial charge >= 0.3 is 0 Å². The van der Waals surface area contributed by atoms with Crippen LogP contribution in [0.15, 0.2) is 90.0 Å². The van der Waals surface area contributed by atoms with Crippen LogP contribution in [0.5, 0.6) is 23.0 Å². The molecule has 0 saturated heterocycles. The summed E-state index contributed by atoms with van der Waals surface area (Å²) < 4.78 is 24.3. The molecule has 0 N–H and O–H groups in total. The minimum atomic E-state index is -0.0960. The Kier molecular flexibility index (Phi) is 12.5. The normalized spacial score (nSPS) is 12.5. The molecule has 0 aliphatic rings. The lowest BCUT2D eigenvalue weighted by Crippen LogP contribution is -2.12. The fourth-order valence-corrected chi connectivity index (χ4v) is 9.13. The summed E-state index contributed by atoms with van der Waals surface area (Å²) in [4.78, 5) is 6.27. The summed E-state index contributed by atoms with van der Waals surface area (Å²) in [6.45, 7) is 27.0. The topological polar surface area (TPSA) is 36.9 Å². The molecule has 51 heavy (non-hydrogen) atoms. The van der Waals surface area contributed by atoms with Crippen LogP contribution in [0.1, 0.15) is 105 Å². The zero-order valence-corrected chi connectivity index (χ0v) is 36.1. The van der Waals surface area contributed by atoms with Gasteiger partial charge < -0.3 is 18.9 Å². The summed E-state index contributed by atoms with van der Waals surface area (Å²) >= 11 is 5.08. The van der Waals surface area contributed by atoms with E-state index in [2.05, 4.69) is 144 Å². The van der Waals surface area contributed by atoms with Crippen molar-refractivity contribution in [2.24, 2.45) is 0 Å². The van der Waals surface area contributed by atoms with Crippen LogP contribution in [0, 0.1) is 0 Å². The third-order valence-corrected chi connectivity index (χ3v) is 12.1. The van der Waals surface area contributed by atoms with Gasteiger partial charge in [0.1, 0.15) is 23.0 Å². The smallest absolute Gasteiger partial charge is 0.146 e. The summed E-state index contributed by atoms with van der Waals surface area (Å²) in [5, 5.41) is 0. The summed E-state index contributed by atoms with van der Waals surface area (Å²) in [5.74, 6) is 3.35. The molecule has 4 nitrogen and oxygen atoms in total. The van der Waals surface area contributed by atoms with Gasteiger partial charge in [0, 0.05) is 0 Å². The summed E-state index contributed by atoms with van der Waals surface area (Å²) in [6.07, 6.45) is 0. The molecule has 276 valence electrons. The second kappa shape index (κ2) is 15.6. The van der Waals surface area contributed by atoms with Gasteiger partial charge in [0.2, 0.25) is 0 Å². The minimum absolute atomic E-state index is 0.00234. The highest BCUT2D eigenvalue weighted by Gasteiger charge is 2.27. The molecule has 0 aromatic heterocycles. The van der Waals surface area contributed by atoms with Crippen molar-refractivity contribution in [2.45, 2.75) is 134 Å². The second-order valence-electron chi connectivity index (χ2n) is 17.0. The van der Waals surface area contributed by atoms with Crippen LogP contribution in [0.2, 0.25) is 0 Å². The Balaban J connectivity index is 1.94. The molecule has 0 unspecified atom stereocenters. The van der Waals surface area contributed by atoms with E-state index in [0.717, 1.165) is 52.4 Å². The first-order valence-electron chi connectivity index (χ1n) is 17.5. The average molecular weight is 747 g/mol. The van der Waals surface area contributed by atoms with Crippen LogP contribution in [-0.2, 0) is 21.7 Å². The second-order valence-corrected chi connectivity index (χ2v) is 20.3. The van der Waals surface area contributed by atoms with Gasteiger partial charge in [-0.05, 0) is 92.4 Å². The average Bonchev–Trinajstić information content (AvgIpc) is 3.02. The van der Waals surface area contributed by atoms with Crippen LogP contribution < -0.4 is 18.9 Å². The van der Waals surface area contributed by atoms with E-state index in [9.17, 15) is 0 Å². The monoisotopic (exact) mass is 746 g/mol. The highest BCUT2D eigenvalue weighted by Crippen LogP contribution is 2.52. The first-order chi connectivity index (χ1) is 23.6. The molecule has 0 spiro atoms. The van der Waals surface area contributed by atoms with Crippen molar-refractivity contribution in [2.75, 3.05) is 28.4 Å². The molecule has 0 bridgehead atoms. The van der Waals surface area contributed by atoms with Crippen molar-refractivity contribution in [3.8, 4) is 23.0 Å². The summed E-state index contributed by atoms with van der Waals surface area (Å²) in [7, 11) is 7.00. The number of hydrogen-bond acceptors (Lipinski definition) is 7. The predicted molar refractivity (Wildman–Crippen MR) is 219 cm³/mol. The van der Waals surface area contributed by atoms with Gasteiger partial charge in [-0.15, -0.1) is 0 Å². The third-order valence-electron chi connectivity index (χ3n) is 8.90. The molecule has 0 fully saturated rings. The Hall–Kier alpha value is -2.87. The van der Waals surface area contributed by atoms with Gasteiger partial charge in [0.15, 0.2) is 0 Å². The first-order valence-corrected chi connectivity index (χ1v) is 19.9. The largest absolute Gasteiger partial charge is 0.496 e. The van der Waals surface area contributed by atoms with Gasteiger partial charge in [-0.25, -0.2) is 0 Å². The van der Waals surface area contributed by atoms with E-state index in [1.807, 2.05) is 0 Å². The van der Waals surface area contributed by atoms with Gasteiger partial charge in [0.05, 0.1) is 57.8 Å². The fourth-order valence-electron chi connectivity index (χ4n) is 5.53. The Labute approximate surface area is 321 Å². The Morgan fingerprint density at radius 1 is 0.333 bits per heavy atom. The molecule has 0 atom stereocenters. The number of rotatable bonds is 10. The molecular weight excluding hydrogens is 689 g/mol. The van der Waals surface area contributed by atoms with Crippen molar-refractivity contribution in [1.82, 2.24) is 0 Å². The van der Waals surface area contributed by atoms with Crippen molar-refractivity contribution < 1.29 is 18.9 Å². The van der Waals surface area contributed by atoms with E-state index in [1.54, 1.807) is 63.7 Å². The molecule has 4 aromatic rings. The molecule has 0 radical (unpaired) electrons. The molecular formula is C44H58O4S3. The van der Waals surface area contributed by atoms with Crippen LogP contribution >= 0.6 is 35.3 Å².